The number of hydrogen-bond acceptors (Lipinski definition) is 4. The van der Waals surface area contributed by atoms with Gasteiger partial charge < -0.3 is 14.4 Å². The van der Waals surface area contributed by atoms with Gasteiger partial charge in [-0.15, -0.1) is 0 Å². The topological polar surface area (TPSA) is 51.5 Å². The first kappa shape index (κ1) is 14.8. The van der Waals surface area contributed by atoms with Crippen LogP contribution in [0.1, 0.15) is 43.7 Å². The van der Waals surface area contributed by atoms with Crippen molar-refractivity contribution in [1.29, 1.82) is 0 Å². The summed E-state index contributed by atoms with van der Waals surface area (Å²) >= 11 is 1.35. The summed E-state index contributed by atoms with van der Waals surface area (Å²) in [5.74, 6) is 0. The van der Waals surface area contributed by atoms with Gasteiger partial charge in [0.15, 0.2) is 0 Å². The highest BCUT2D eigenvalue weighted by molar-refractivity contribution is 7.09. The van der Waals surface area contributed by atoms with E-state index in [1.54, 1.807) is 4.57 Å². The standard InChI is InChI=1S/C14H23NO3S/c1-10(2)18-9-11(16)8-15-12-6-4-3-5-7-13(12)19-14(15)17/h10-11,16H,3-9H2,1-2H3. The summed E-state index contributed by atoms with van der Waals surface area (Å²) < 4.78 is 7.16. The van der Waals surface area contributed by atoms with Crippen LogP contribution in [0.25, 0.3) is 0 Å². The number of hydrogen-bond donors (Lipinski definition) is 1. The number of ether oxygens (including phenoxy) is 1. The van der Waals surface area contributed by atoms with Crippen molar-refractivity contribution >= 4 is 11.3 Å². The molecule has 0 bridgehead atoms. The van der Waals surface area contributed by atoms with Gasteiger partial charge >= 0.3 is 4.87 Å². The molecule has 5 heteroatoms. The van der Waals surface area contributed by atoms with E-state index in [0.29, 0.717) is 6.54 Å². The third-order valence-corrected chi connectivity index (χ3v) is 4.49. The van der Waals surface area contributed by atoms with E-state index >= 15 is 0 Å². The van der Waals surface area contributed by atoms with Crippen LogP contribution in [0.2, 0.25) is 0 Å². The number of nitrogens with zero attached hydrogens (tertiary/aromatic N) is 1. The van der Waals surface area contributed by atoms with Gasteiger partial charge in [0, 0.05) is 10.6 Å². The first-order valence-electron chi connectivity index (χ1n) is 7.09. The molecule has 0 amide bonds. The Morgan fingerprint density at radius 3 is 2.79 bits per heavy atom. The lowest BCUT2D eigenvalue weighted by Gasteiger charge is -2.15. The fourth-order valence-corrected chi connectivity index (χ4v) is 3.54. The van der Waals surface area contributed by atoms with Crippen LogP contribution < -0.4 is 4.87 Å². The van der Waals surface area contributed by atoms with Crippen LogP contribution in [-0.4, -0.2) is 28.5 Å². The highest BCUT2D eigenvalue weighted by Crippen LogP contribution is 2.23. The summed E-state index contributed by atoms with van der Waals surface area (Å²) in [6, 6.07) is 0. The summed E-state index contributed by atoms with van der Waals surface area (Å²) in [6.07, 6.45) is 5.02. The Morgan fingerprint density at radius 2 is 2.05 bits per heavy atom. The van der Waals surface area contributed by atoms with Crippen LogP contribution in [0.4, 0.5) is 0 Å². The molecule has 1 aliphatic rings. The second-order valence-corrected chi connectivity index (χ2v) is 6.49. The number of rotatable bonds is 5. The highest BCUT2D eigenvalue weighted by Gasteiger charge is 2.19. The van der Waals surface area contributed by atoms with Crippen LogP contribution in [-0.2, 0) is 24.1 Å². The van der Waals surface area contributed by atoms with Crippen LogP contribution in [0, 0.1) is 0 Å². The Hall–Kier alpha value is -0.650. The van der Waals surface area contributed by atoms with Gasteiger partial charge in [-0.25, -0.2) is 0 Å². The molecule has 4 nitrogen and oxygen atoms in total. The minimum Gasteiger partial charge on any atom is -0.389 e. The lowest BCUT2D eigenvalue weighted by Crippen LogP contribution is -2.29. The number of aliphatic hydroxyl groups excluding tert-OH is 1. The smallest absolute Gasteiger partial charge is 0.307 e. The van der Waals surface area contributed by atoms with E-state index < -0.39 is 6.10 Å². The maximum absolute atomic E-state index is 12.0. The fourth-order valence-electron chi connectivity index (χ4n) is 2.46. The number of fused-ring (bicyclic) bond motifs is 1. The average Bonchev–Trinajstić information content (AvgIpc) is 2.55. The molecule has 0 saturated heterocycles. The van der Waals surface area contributed by atoms with Crippen molar-refractivity contribution < 1.29 is 9.84 Å². The molecule has 1 heterocycles. The summed E-state index contributed by atoms with van der Waals surface area (Å²) in [6.45, 7) is 4.52. The van der Waals surface area contributed by atoms with E-state index in [0.717, 1.165) is 25.0 Å². The molecule has 0 spiro atoms. The zero-order valence-corrected chi connectivity index (χ0v) is 12.5. The number of aryl methyl sites for hydroxylation is 1. The molecule has 1 N–H and O–H groups in total. The quantitative estimate of drug-likeness (QED) is 0.842. The Bertz CT molecular complexity index is 464. The third-order valence-electron chi connectivity index (χ3n) is 3.41. The molecule has 0 radical (unpaired) electrons. The molecule has 0 aromatic carbocycles. The average molecular weight is 285 g/mol. The van der Waals surface area contributed by atoms with E-state index in [-0.39, 0.29) is 17.6 Å². The maximum atomic E-state index is 12.0. The first-order chi connectivity index (χ1) is 9.08. The zero-order chi connectivity index (χ0) is 13.8. The number of thiazole rings is 1. The molecule has 1 aromatic heterocycles. The van der Waals surface area contributed by atoms with Gasteiger partial charge in [-0.3, -0.25) is 4.79 Å². The van der Waals surface area contributed by atoms with Crippen LogP contribution in [0.15, 0.2) is 4.79 Å². The highest BCUT2D eigenvalue weighted by atomic mass is 32.1. The van der Waals surface area contributed by atoms with Crippen molar-refractivity contribution in [2.24, 2.45) is 0 Å². The second kappa shape index (κ2) is 6.68. The first-order valence-corrected chi connectivity index (χ1v) is 7.90. The van der Waals surface area contributed by atoms with Crippen molar-refractivity contribution in [3.8, 4) is 0 Å². The molecule has 1 atom stereocenters. The van der Waals surface area contributed by atoms with Gasteiger partial charge in [-0.2, -0.15) is 0 Å². The predicted octanol–water partition coefficient (Wildman–Crippen LogP) is 1.96. The number of aliphatic hydroxyl groups is 1. The normalized spacial score (nSPS) is 17.3. The molecule has 1 aliphatic carbocycles. The summed E-state index contributed by atoms with van der Waals surface area (Å²) in [7, 11) is 0. The van der Waals surface area contributed by atoms with Crippen LogP contribution >= 0.6 is 11.3 Å². The van der Waals surface area contributed by atoms with Gasteiger partial charge in [-0.1, -0.05) is 17.8 Å². The molecular formula is C14H23NO3S. The van der Waals surface area contributed by atoms with Crippen molar-refractivity contribution in [3.05, 3.63) is 20.2 Å². The van der Waals surface area contributed by atoms with Gasteiger partial charge in [0.05, 0.1) is 25.4 Å². The minimum atomic E-state index is -0.609. The van der Waals surface area contributed by atoms with Crippen LogP contribution in [0.3, 0.4) is 0 Å². The lowest BCUT2D eigenvalue weighted by molar-refractivity contribution is -0.00118. The molecule has 108 valence electrons. The van der Waals surface area contributed by atoms with Gasteiger partial charge in [0.1, 0.15) is 0 Å². The van der Waals surface area contributed by atoms with E-state index in [4.69, 9.17) is 4.74 Å². The molecule has 1 unspecified atom stereocenters. The number of aromatic nitrogens is 1. The van der Waals surface area contributed by atoms with Crippen molar-refractivity contribution in [3.63, 3.8) is 0 Å². The molecule has 0 aliphatic heterocycles. The summed E-state index contributed by atoms with van der Waals surface area (Å²) in [4.78, 5) is 13.3. The Kier molecular flexibility index (Phi) is 5.19. The molecular weight excluding hydrogens is 262 g/mol. The zero-order valence-electron chi connectivity index (χ0n) is 11.7. The Labute approximate surface area is 118 Å². The Balaban J connectivity index is 2.07. The van der Waals surface area contributed by atoms with Gasteiger partial charge in [0.2, 0.25) is 0 Å². The predicted molar refractivity (Wildman–Crippen MR) is 76.9 cm³/mol. The fraction of sp³-hybridized carbons (Fsp3) is 0.786. The van der Waals surface area contributed by atoms with Gasteiger partial charge in [-0.05, 0) is 39.5 Å². The third kappa shape index (κ3) is 3.91. The monoisotopic (exact) mass is 285 g/mol. The summed E-state index contributed by atoms with van der Waals surface area (Å²) in [5, 5.41) is 9.99. The minimum absolute atomic E-state index is 0.0653. The molecule has 19 heavy (non-hydrogen) atoms. The molecule has 2 rings (SSSR count). The van der Waals surface area contributed by atoms with Crippen molar-refractivity contribution in [1.82, 2.24) is 4.57 Å². The Morgan fingerprint density at radius 1 is 1.32 bits per heavy atom. The maximum Gasteiger partial charge on any atom is 0.307 e. The van der Waals surface area contributed by atoms with E-state index in [9.17, 15) is 9.90 Å². The van der Waals surface area contributed by atoms with Gasteiger partial charge in [0.25, 0.3) is 0 Å². The van der Waals surface area contributed by atoms with E-state index in [2.05, 4.69) is 0 Å². The van der Waals surface area contributed by atoms with E-state index in [1.165, 1.54) is 29.1 Å². The largest absolute Gasteiger partial charge is 0.389 e. The van der Waals surface area contributed by atoms with E-state index in [1.807, 2.05) is 13.8 Å². The molecule has 0 saturated carbocycles. The van der Waals surface area contributed by atoms with Crippen molar-refractivity contribution in [2.45, 2.75) is 64.7 Å². The molecule has 0 fully saturated rings. The summed E-state index contributed by atoms with van der Waals surface area (Å²) in [5.41, 5.74) is 1.15. The lowest BCUT2D eigenvalue weighted by atomic mass is 10.2. The molecule has 1 aromatic rings. The second-order valence-electron chi connectivity index (χ2n) is 5.45. The van der Waals surface area contributed by atoms with Crippen molar-refractivity contribution in [2.75, 3.05) is 6.61 Å². The SMILES string of the molecule is CC(C)OCC(O)Cn1c2c(sc1=O)CCCCC2. The van der Waals surface area contributed by atoms with Crippen LogP contribution in [0.5, 0.6) is 0 Å².